The molecule has 0 amide bonds. The molecule has 0 radical (unpaired) electrons. The highest BCUT2D eigenvalue weighted by molar-refractivity contribution is 7.12. The number of rotatable bonds is 5. The molecule has 1 heterocycles. The van der Waals surface area contributed by atoms with Gasteiger partial charge in [-0.05, 0) is 23.6 Å². The van der Waals surface area contributed by atoms with Crippen molar-refractivity contribution in [1.29, 1.82) is 5.26 Å². The van der Waals surface area contributed by atoms with E-state index in [4.69, 9.17) is 19.8 Å². The van der Waals surface area contributed by atoms with Crippen molar-refractivity contribution in [3.05, 3.63) is 45.6 Å². The molecule has 5 nitrogen and oxygen atoms in total. The molecule has 0 saturated heterocycles. The minimum Gasteiger partial charge on any atom is -0.493 e. The van der Waals surface area contributed by atoms with Crippen molar-refractivity contribution in [2.45, 2.75) is 6.61 Å². The van der Waals surface area contributed by atoms with Gasteiger partial charge in [0.15, 0.2) is 11.5 Å². The Labute approximate surface area is 119 Å². The molecule has 102 valence electrons. The maximum absolute atomic E-state index is 11.0. The molecule has 1 N–H and O–H groups in total. The topological polar surface area (TPSA) is 79.5 Å². The van der Waals surface area contributed by atoms with Crippen LogP contribution in [-0.2, 0) is 6.61 Å². The molecule has 0 aliphatic heterocycles. The number of carbonyl (C=O) groups is 1. The summed E-state index contributed by atoms with van der Waals surface area (Å²) in [4.78, 5) is 11.3. The van der Waals surface area contributed by atoms with E-state index >= 15 is 0 Å². The lowest BCUT2D eigenvalue weighted by Gasteiger charge is -2.10. The Bertz CT molecular complexity index is 672. The average Bonchev–Trinajstić information content (AvgIpc) is 2.93. The molecule has 2 aromatic rings. The zero-order valence-electron chi connectivity index (χ0n) is 10.6. The number of hydrogen-bond donors (Lipinski definition) is 1. The van der Waals surface area contributed by atoms with E-state index in [0.717, 1.165) is 11.3 Å². The van der Waals surface area contributed by atoms with Gasteiger partial charge in [-0.25, -0.2) is 4.79 Å². The zero-order valence-corrected chi connectivity index (χ0v) is 11.4. The molecule has 0 unspecified atom stereocenters. The fourth-order valence-electron chi connectivity index (χ4n) is 1.65. The Morgan fingerprint density at radius 2 is 2.20 bits per heavy atom. The van der Waals surface area contributed by atoms with Gasteiger partial charge in [-0.2, -0.15) is 5.26 Å². The van der Waals surface area contributed by atoms with Gasteiger partial charge in [-0.15, -0.1) is 11.3 Å². The summed E-state index contributed by atoms with van der Waals surface area (Å²) in [5, 5.41) is 19.5. The van der Waals surface area contributed by atoms with Crippen LogP contribution in [0.15, 0.2) is 29.6 Å². The predicted molar refractivity (Wildman–Crippen MR) is 73.3 cm³/mol. The van der Waals surface area contributed by atoms with Crippen LogP contribution in [0, 0.1) is 11.3 Å². The lowest BCUT2D eigenvalue weighted by Crippen LogP contribution is -2.02. The van der Waals surface area contributed by atoms with Crippen LogP contribution in [0.3, 0.4) is 0 Å². The second-order valence-corrected chi connectivity index (χ2v) is 4.76. The molecular formula is C14H11NO4S. The van der Waals surface area contributed by atoms with Gasteiger partial charge in [0.1, 0.15) is 11.5 Å². The lowest BCUT2D eigenvalue weighted by molar-refractivity contribution is 0.0699. The molecule has 1 aromatic heterocycles. The van der Waals surface area contributed by atoms with E-state index in [-0.39, 0.29) is 11.5 Å². The number of methoxy groups -OCH3 is 1. The second-order valence-electron chi connectivity index (χ2n) is 3.85. The first kappa shape index (κ1) is 13.9. The molecule has 0 fully saturated rings. The van der Waals surface area contributed by atoms with Crippen LogP contribution in [0.1, 0.15) is 20.8 Å². The Morgan fingerprint density at radius 1 is 1.40 bits per heavy atom. The Hall–Kier alpha value is -2.52. The van der Waals surface area contributed by atoms with E-state index in [1.807, 2.05) is 6.07 Å². The highest BCUT2D eigenvalue weighted by atomic mass is 32.1. The summed E-state index contributed by atoms with van der Waals surface area (Å²) in [5.74, 6) is -0.0596. The summed E-state index contributed by atoms with van der Waals surface area (Å²) in [5.41, 5.74) is 1.07. The first-order valence-electron chi connectivity index (χ1n) is 5.66. The molecule has 1 aromatic carbocycles. The van der Waals surface area contributed by atoms with E-state index in [9.17, 15) is 4.79 Å². The maximum Gasteiger partial charge on any atom is 0.346 e. The van der Waals surface area contributed by atoms with Crippen molar-refractivity contribution in [2.24, 2.45) is 0 Å². The number of aromatic carboxylic acids is 1. The van der Waals surface area contributed by atoms with Crippen molar-refractivity contribution in [3.8, 4) is 17.6 Å². The molecule has 0 bridgehead atoms. The largest absolute Gasteiger partial charge is 0.493 e. The Kier molecular flexibility index (Phi) is 4.23. The minimum atomic E-state index is -0.967. The summed E-state index contributed by atoms with van der Waals surface area (Å²) >= 11 is 1.15. The summed E-state index contributed by atoms with van der Waals surface area (Å²) in [6.07, 6.45) is 0. The molecule has 0 saturated carbocycles. The number of carboxylic acid groups (broad SMARTS) is 1. The van der Waals surface area contributed by atoms with Gasteiger partial charge < -0.3 is 14.6 Å². The van der Waals surface area contributed by atoms with Gasteiger partial charge in [-0.1, -0.05) is 0 Å². The van der Waals surface area contributed by atoms with Crippen molar-refractivity contribution < 1.29 is 19.4 Å². The van der Waals surface area contributed by atoms with E-state index < -0.39 is 5.97 Å². The fourth-order valence-corrected chi connectivity index (χ4v) is 2.40. The van der Waals surface area contributed by atoms with E-state index in [0.29, 0.717) is 22.6 Å². The second kappa shape index (κ2) is 6.08. The van der Waals surface area contributed by atoms with E-state index in [2.05, 4.69) is 0 Å². The van der Waals surface area contributed by atoms with Crippen molar-refractivity contribution in [3.63, 3.8) is 0 Å². The number of ether oxygens (including phenoxy) is 2. The number of nitriles is 1. The first-order valence-corrected chi connectivity index (χ1v) is 6.54. The summed E-state index contributed by atoms with van der Waals surface area (Å²) in [6.45, 7) is 0.132. The van der Waals surface area contributed by atoms with Gasteiger partial charge in [0.25, 0.3) is 0 Å². The van der Waals surface area contributed by atoms with Gasteiger partial charge in [0.05, 0.1) is 18.7 Å². The van der Waals surface area contributed by atoms with Crippen LogP contribution in [0.5, 0.6) is 11.5 Å². The highest BCUT2D eigenvalue weighted by Gasteiger charge is 2.13. The molecule has 0 aliphatic rings. The van der Waals surface area contributed by atoms with E-state index in [1.165, 1.54) is 7.11 Å². The number of benzene rings is 1. The number of nitrogens with zero attached hydrogens (tertiary/aromatic N) is 1. The summed E-state index contributed by atoms with van der Waals surface area (Å²) in [6, 6.07) is 8.54. The molecule has 0 aliphatic carbocycles. The number of thiophene rings is 1. The van der Waals surface area contributed by atoms with Crippen LogP contribution in [0.25, 0.3) is 0 Å². The molecule has 6 heteroatoms. The Morgan fingerprint density at radius 3 is 2.85 bits per heavy atom. The van der Waals surface area contributed by atoms with Gasteiger partial charge in [-0.3, -0.25) is 0 Å². The molecule has 20 heavy (non-hydrogen) atoms. The predicted octanol–water partition coefficient (Wildman–Crippen LogP) is 2.91. The molecule has 0 spiro atoms. The lowest BCUT2D eigenvalue weighted by atomic mass is 10.2. The van der Waals surface area contributed by atoms with Crippen molar-refractivity contribution >= 4 is 17.3 Å². The van der Waals surface area contributed by atoms with Crippen LogP contribution in [0.4, 0.5) is 0 Å². The standard InChI is InChI=1S/C14H11NO4S/c1-18-12-6-9(7-15)2-3-11(12)19-8-10-4-5-20-13(10)14(16)17/h2-6H,8H2,1H3,(H,16,17). The quantitative estimate of drug-likeness (QED) is 0.915. The highest BCUT2D eigenvalue weighted by Crippen LogP contribution is 2.29. The van der Waals surface area contributed by atoms with Crippen LogP contribution >= 0.6 is 11.3 Å². The van der Waals surface area contributed by atoms with E-state index in [1.54, 1.807) is 29.6 Å². The third kappa shape index (κ3) is 2.90. The minimum absolute atomic E-state index is 0.132. The van der Waals surface area contributed by atoms with Crippen LogP contribution in [0.2, 0.25) is 0 Å². The fraction of sp³-hybridized carbons (Fsp3) is 0.143. The zero-order chi connectivity index (χ0) is 14.5. The van der Waals surface area contributed by atoms with Gasteiger partial charge in [0, 0.05) is 11.6 Å². The summed E-state index contributed by atoms with van der Waals surface area (Å²) < 4.78 is 10.7. The molecule has 0 atom stereocenters. The third-order valence-corrected chi connectivity index (χ3v) is 3.56. The van der Waals surface area contributed by atoms with Crippen LogP contribution in [-0.4, -0.2) is 18.2 Å². The first-order chi connectivity index (χ1) is 9.65. The Balaban J connectivity index is 2.17. The van der Waals surface area contributed by atoms with Gasteiger partial charge in [0.2, 0.25) is 0 Å². The van der Waals surface area contributed by atoms with Gasteiger partial charge >= 0.3 is 5.97 Å². The third-order valence-electron chi connectivity index (χ3n) is 2.62. The molecule has 2 rings (SSSR count). The van der Waals surface area contributed by atoms with Crippen LogP contribution < -0.4 is 9.47 Å². The average molecular weight is 289 g/mol. The SMILES string of the molecule is COc1cc(C#N)ccc1OCc1ccsc1C(=O)O. The number of hydrogen-bond acceptors (Lipinski definition) is 5. The smallest absolute Gasteiger partial charge is 0.346 e. The molecular weight excluding hydrogens is 278 g/mol. The van der Waals surface area contributed by atoms with Crippen molar-refractivity contribution in [1.82, 2.24) is 0 Å². The monoisotopic (exact) mass is 289 g/mol. The normalized spacial score (nSPS) is 9.80. The number of carboxylic acids is 1. The van der Waals surface area contributed by atoms with Crippen molar-refractivity contribution in [2.75, 3.05) is 7.11 Å². The summed E-state index contributed by atoms with van der Waals surface area (Å²) in [7, 11) is 1.48. The maximum atomic E-state index is 11.0.